The van der Waals surface area contributed by atoms with Gasteiger partial charge in [-0.2, -0.15) is 0 Å². The van der Waals surface area contributed by atoms with Gasteiger partial charge in [-0.3, -0.25) is 10.1 Å². The number of hydrogen-bond acceptors (Lipinski definition) is 5. The summed E-state index contributed by atoms with van der Waals surface area (Å²) in [6.45, 7) is 6.08. The highest BCUT2D eigenvalue weighted by Crippen LogP contribution is 2.32. The van der Waals surface area contributed by atoms with Crippen LogP contribution in [0.15, 0.2) is 42.5 Å². The van der Waals surface area contributed by atoms with Crippen molar-refractivity contribution in [3.63, 3.8) is 0 Å². The van der Waals surface area contributed by atoms with Crippen molar-refractivity contribution in [2.45, 2.75) is 70.6 Å². The Morgan fingerprint density at radius 1 is 1.34 bits per heavy atom. The zero-order valence-corrected chi connectivity index (χ0v) is 21.0. The van der Waals surface area contributed by atoms with Crippen LogP contribution in [-0.2, 0) is 16.0 Å². The molecule has 1 aliphatic heterocycles. The SMILES string of the molecule is CC(C)(C)OC(O)N[C@@H](CC(=O)N1CCC[C@H]1c1nc2cc(Cl)ccc2[nH]1)Cc1ccccc1F. The number of aliphatic hydroxyl groups excluding tert-OH is 1. The van der Waals surface area contributed by atoms with Crippen molar-refractivity contribution < 1.29 is 19.0 Å². The van der Waals surface area contributed by atoms with E-state index >= 15 is 0 Å². The van der Waals surface area contributed by atoms with Gasteiger partial charge in [-0.25, -0.2) is 9.37 Å². The van der Waals surface area contributed by atoms with Crippen molar-refractivity contribution in [1.29, 1.82) is 0 Å². The van der Waals surface area contributed by atoms with Gasteiger partial charge in [0.05, 0.1) is 22.7 Å². The van der Waals surface area contributed by atoms with Gasteiger partial charge >= 0.3 is 0 Å². The van der Waals surface area contributed by atoms with Crippen LogP contribution >= 0.6 is 11.6 Å². The number of nitrogens with one attached hydrogen (secondary N) is 2. The normalized spacial score (nSPS) is 18.2. The molecule has 0 bridgehead atoms. The Morgan fingerprint density at radius 3 is 2.86 bits per heavy atom. The van der Waals surface area contributed by atoms with Crippen LogP contribution in [0.3, 0.4) is 0 Å². The minimum atomic E-state index is -1.30. The maximum atomic E-state index is 14.4. The van der Waals surface area contributed by atoms with Gasteiger partial charge in [0.1, 0.15) is 11.6 Å². The molecule has 0 radical (unpaired) electrons. The molecule has 2 heterocycles. The van der Waals surface area contributed by atoms with Crippen molar-refractivity contribution in [2.75, 3.05) is 6.54 Å². The van der Waals surface area contributed by atoms with Crippen molar-refractivity contribution in [1.82, 2.24) is 20.2 Å². The Balaban J connectivity index is 1.51. The second kappa shape index (κ2) is 10.6. The second-order valence-electron chi connectivity index (χ2n) is 9.97. The van der Waals surface area contributed by atoms with E-state index in [9.17, 15) is 14.3 Å². The number of aromatic nitrogens is 2. The average molecular weight is 503 g/mol. The standard InChI is InChI=1S/C26H32ClFN4O3/c1-26(2,3)35-25(34)29-18(13-16-7-4-5-8-19(16)28)15-23(33)32-12-6-9-22(32)24-30-20-11-10-17(27)14-21(20)31-24/h4-5,7-8,10-11,14,18,22,25,29,34H,6,9,12-13,15H2,1-3H3,(H,30,31)/t18-,22+,25?/m1/s1. The van der Waals surface area contributed by atoms with Crippen molar-refractivity contribution in [2.24, 2.45) is 0 Å². The molecule has 0 saturated carbocycles. The third-order valence-electron chi connectivity index (χ3n) is 6.04. The zero-order valence-electron chi connectivity index (χ0n) is 20.2. The Hall–Kier alpha value is -2.52. The molecule has 2 aromatic carbocycles. The number of carbonyl (C=O) groups excluding carboxylic acids is 1. The number of H-pyrrole nitrogens is 1. The number of aromatic amines is 1. The number of rotatable bonds is 8. The van der Waals surface area contributed by atoms with Gasteiger partial charge in [0.25, 0.3) is 0 Å². The number of carbonyl (C=O) groups is 1. The van der Waals surface area contributed by atoms with Crippen LogP contribution in [0, 0.1) is 5.82 Å². The Morgan fingerprint density at radius 2 is 2.11 bits per heavy atom. The molecule has 1 aromatic heterocycles. The van der Waals surface area contributed by atoms with Crippen molar-refractivity contribution >= 4 is 28.5 Å². The van der Waals surface area contributed by atoms with E-state index < -0.39 is 18.1 Å². The van der Waals surface area contributed by atoms with Crippen LogP contribution < -0.4 is 5.32 Å². The van der Waals surface area contributed by atoms with Crippen LogP contribution in [0.4, 0.5) is 4.39 Å². The van der Waals surface area contributed by atoms with Gasteiger partial charge in [-0.05, 0) is 69.9 Å². The molecule has 3 aromatic rings. The number of amides is 1. The summed E-state index contributed by atoms with van der Waals surface area (Å²) in [6.07, 6.45) is 0.649. The number of aliphatic hydroxyl groups is 1. The van der Waals surface area contributed by atoms with Gasteiger partial charge in [0.15, 0.2) is 0 Å². The summed E-state index contributed by atoms with van der Waals surface area (Å²) in [6, 6.07) is 11.2. The minimum Gasteiger partial charge on any atom is -0.356 e. The van der Waals surface area contributed by atoms with E-state index in [0.717, 1.165) is 29.7 Å². The van der Waals surface area contributed by atoms with Crippen LogP contribution in [0.5, 0.6) is 0 Å². The molecule has 35 heavy (non-hydrogen) atoms. The van der Waals surface area contributed by atoms with Crippen LogP contribution in [0.25, 0.3) is 11.0 Å². The van der Waals surface area contributed by atoms with Gasteiger partial charge in [0.2, 0.25) is 12.3 Å². The number of ether oxygens (including phenoxy) is 1. The predicted molar refractivity (Wildman–Crippen MR) is 133 cm³/mol. The van der Waals surface area contributed by atoms with Crippen LogP contribution in [0.1, 0.15) is 57.5 Å². The number of imidazole rings is 1. The minimum absolute atomic E-state index is 0.0709. The van der Waals surface area contributed by atoms with Gasteiger partial charge in [-0.1, -0.05) is 29.8 Å². The maximum absolute atomic E-state index is 14.4. The second-order valence-corrected chi connectivity index (χ2v) is 10.4. The molecule has 0 spiro atoms. The molecule has 0 aliphatic carbocycles. The summed E-state index contributed by atoms with van der Waals surface area (Å²) in [5.41, 5.74) is 1.50. The Kier molecular flexibility index (Phi) is 7.76. The summed E-state index contributed by atoms with van der Waals surface area (Å²) in [5, 5.41) is 14.0. The first-order valence-corrected chi connectivity index (χ1v) is 12.3. The third kappa shape index (κ3) is 6.58. The molecule has 1 fully saturated rings. The molecule has 9 heteroatoms. The predicted octanol–water partition coefficient (Wildman–Crippen LogP) is 4.70. The first kappa shape index (κ1) is 25.6. The summed E-state index contributed by atoms with van der Waals surface area (Å²) >= 11 is 6.10. The molecular formula is C26H32ClFN4O3. The van der Waals surface area contributed by atoms with Crippen molar-refractivity contribution in [3.05, 3.63) is 64.7 Å². The van der Waals surface area contributed by atoms with Crippen LogP contribution in [-0.4, -0.2) is 50.5 Å². The lowest BCUT2D eigenvalue weighted by molar-refractivity contribution is -0.186. The monoisotopic (exact) mass is 502 g/mol. The summed E-state index contributed by atoms with van der Waals surface area (Å²) in [7, 11) is 0. The molecule has 4 rings (SSSR count). The Labute approximate surface area is 209 Å². The highest BCUT2D eigenvalue weighted by atomic mass is 35.5. The Bertz CT molecular complexity index is 1180. The first-order chi connectivity index (χ1) is 16.6. The number of hydrogen-bond donors (Lipinski definition) is 3. The molecule has 188 valence electrons. The maximum Gasteiger partial charge on any atom is 0.224 e. The number of benzene rings is 2. The molecule has 1 aliphatic rings. The van der Waals surface area contributed by atoms with E-state index in [1.165, 1.54) is 6.07 Å². The van der Waals surface area contributed by atoms with Crippen LogP contribution in [0.2, 0.25) is 5.02 Å². The number of nitrogens with zero attached hydrogens (tertiary/aromatic N) is 2. The van der Waals surface area contributed by atoms with Gasteiger partial charge in [0, 0.05) is 24.0 Å². The lowest BCUT2D eigenvalue weighted by Gasteiger charge is -2.30. The fourth-order valence-electron chi connectivity index (χ4n) is 4.52. The lowest BCUT2D eigenvalue weighted by atomic mass is 10.0. The van der Waals surface area contributed by atoms with E-state index in [0.29, 0.717) is 17.1 Å². The average Bonchev–Trinajstić information content (AvgIpc) is 3.40. The summed E-state index contributed by atoms with van der Waals surface area (Å²) in [4.78, 5) is 23.3. The summed E-state index contributed by atoms with van der Waals surface area (Å²) < 4.78 is 19.9. The molecular weight excluding hydrogens is 471 g/mol. The van der Waals surface area contributed by atoms with E-state index in [2.05, 4.69) is 15.3 Å². The number of fused-ring (bicyclic) bond motifs is 1. The van der Waals surface area contributed by atoms with E-state index in [4.69, 9.17) is 16.3 Å². The third-order valence-corrected chi connectivity index (χ3v) is 6.28. The first-order valence-electron chi connectivity index (χ1n) is 11.9. The topological polar surface area (TPSA) is 90.5 Å². The van der Waals surface area contributed by atoms with Crippen molar-refractivity contribution in [3.8, 4) is 0 Å². The lowest BCUT2D eigenvalue weighted by Crippen LogP contribution is -2.47. The molecule has 3 atom stereocenters. The van der Waals surface area contributed by atoms with E-state index in [1.54, 1.807) is 30.3 Å². The number of halogens is 2. The summed E-state index contributed by atoms with van der Waals surface area (Å²) in [5.74, 6) is 0.281. The molecule has 1 saturated heterocycles. The van der Waals surface area contributed by atoms with Gasteiger partial charge < -0.3 is 19.7 Å². The molecule has 7 nitrogen and oxygen atoms in total. The number of likely N-dealkylation sites (tertiary alicyclic amines) is 1. The largest absolute Gasteiger partial charge is 0.356 e. The fraction of sp³-hybridized carbons (Fsp3) is 0.462. The van der Waals surface area contributed by atoms with E-state index in [1.807, 2.05) is 31.7 Å². The quantitative estimate of drug-likeness (QED) is 0.388. The molecule has 1 amide bonds. The highest BCUT2D eigenvalue weighted by Gasteiger charge is 2.34. The fourth-order valence-corrected chi connectivity index (χ4v) is 4.69. The molecule has 1 unspecified atom stereocenters. The van der Waals surface area contributed by atoms with E-state index in [-0.39, 0.29) is 30.6 Å². The zero-order chi connectivity index (χ0) is 25.2. The highest BCUT2D eigenvalue weighted by molar-refractivity contribution is 6.31. The molecule has 3 N–H and O–H groups in total. The van der Waals surface area contributed by atoms with Gasteiger partial charge in [-0.15, -0.1) is 0 Å². The smallest absolute Gasteiger partial charge is 0.224 e.